The van der Waals surface area contributed by atoms with Crippen LogP contribution in [0.25, 0.3) is 5.57 Å². The van der Waals surface area contributed by atoms with Crippen molar-refractivity contribution in [2.45, 2.75) is 57.9 Å². The lowest BCUT2D eigenvalue weighted by Gasteiger charge is -2.30. The second-order valence-electron chi connectivity index (χ2n) is 8.54. The molecular formula is C25H36N2O4. The van der Waals surface area contributed by atoms with E-state index in [0.717, 1.165) is 36.8 Å². The molecule has 1 fully saturated rings. The summed E-state index contributed by atoms with van der Waals surface area (Å²) in [7, 11) is 3.29. The summed E-state index contributed by atoms with van der Waals surface area (Å²) in [5.41, 5.74) is 2.92. The maximum absolute atomic E-state index is 13.8. The molecule has 2 aliphatic rings. The highest BCUT2D eigenvalue weighted by Gasteiger charge is 2.44. The Morgan fingerprint density at radius 3 is 1.97 bits per heavy atom. The summed E-state index contributed by atoms with van der Waals surface area (Å²) >= 11 is 0. The molecule has 1 saturated carbocycles. The van der Waals surface area contributed by atoms with E-state index in [1.807, 2.05) is 36.1 Å². The normalized spacial score (nSPS) is 18.5. The van der Waals surface area contributed by atoms with Gasteiger partial charge in [0.15, 0.2) is 0 Å². The number of methoxy groups -OCH3 is 2. The Morgan fingerprint density at radius 2 is 1.42 bits per heavy atom. The topological polar surface area (TPSA) is 59.1 Å². The SMILES string of the molecule is COCCN(CCOC)C1=C(c2ccc(C)cc2)C(=O)N(C2CCCCCCC2)C1=O. The number of carbonyl (C=O) groups is 2. The molecule has 1 aliphatic heterocycles. The van der Waals surface area contributed by atoms with Crippen molar-refractivity contribution in [3.8, 4) is 0 Å². The quantitative estimate of drug-likeness (QED) is 0.560. The Hall–Kier alpha value is -2.18. The number of imide groups is 1. The maximum atomic E-state index is 13.8. The molecule has 6 nitrogen and oxygen atoms in total. The zero-order valence-corrected chi connectivity index (χ0v) is 19.2. The third-order valence-corrected chi connectivity index (χ3v) is 6.32. The van der Waals surface area contributed by atoms with Crippen LogP contribution in [0.4, 0.5) is 0 Å². The lowest BCUT2D eigenvalue weighted by atomic mass is 9.95. The third kappa shape index (κ3) is 5.55. The van der Waals surface area contributed by atoms with Crippen LogP contribution in [0.15, 0.2) is 30.0 Å². The number of amides is 2. The number of hydrogen-bond donors (Lipinski definition) is 0. The number of nitrogens with zero attached hydrogens (tertiary/aromatic N) is 2. The predicted octanol–water partition coefficient (Wildman–Crippen LogP) is 3.78. The van der Waals surface area contributed by atoms with E-state index in [-0.39, 0.29) is 17.9 Å². The van der Waals surface area contributed by atoms with Gasteiger partial charge in [0.25, 0.3) is 11.8 Å². The van der Waals surface area contributed by atoms with Crippen LogP contribution in [0, 0.1) is 6.92 Å². The molecule has 31 heavy (non-hydrogen) atoms. The van der Waals surface area contributed by atoms with Crippen molar-refractivity contribution in [1.82, 2.24) is 9.80 Å². The molecule has 0 aromatic heterocycles. The molecule has 0 unspecified atom stereocenters. The van der Waals surface area contributed by atoms with Gasteiger partial charge in [-0.1, -0.05) is 61.9 Å². The molecule has 6 heteroatoms. The Balaban J connectivity index is 2.01. The number of hydrogen-bond acceptors (Lipinski definition) is 5. The largest absolute Gasteiger partial charge is 0.383 e. The van der Waals surface area contributed by atoms with Crippen LogP contribution in [0.3, 0.4) is 0 Å². The van der Waals surface area contributed by atoms with Crippen molar-refractivity contribution in [3.63, 3.8) is 0 Å². The zero-order valence-electron chi connectivity index (χ0n) is 19.2. The van der Waals surface area contributed by atoms with Gasteiger partial charge in [0.1, 0.15) is 5.70 Å². The van der Waals surface area contributed by atoms with E-state index in [9.17, 15) is 9.59 Å². The number of aryl methyl sites for hydroxylation is 1. The van der Waals surface area contributed by atoms with Crippen molar-refractivity contribution >= 4 is 17.4 Å². The van der Waals surface area contributed by atoms with Gasteiger partial charge in [-0.3, -0.25) is 14.5 Å². The van der Waals surface area contributed by atoms with Gasteiger partial charge < -0.3 is 14.4 Å². The lowest BCUT2D eigenvalue weighted by Crippen LogP contribution is -2.43. The van der Waals surface area contributed by atoms with Crippen molar-refractivity contribution in [2.75, 3.05) is 40.5 Å². The number of benzene rings is 1. The van der Waals surface area contributed by atoms with Crippen molar-refractivity contribution < 1.29 is 19.1 Å². The highest BCUT2D eigenvalue weighted by Crippen LogP contribution is 2.35. The summed E-state index contributed by atoms with van der Waals surface area (Å²) < 4.78 is 10.6. The molecule has 170 valence electrons. The van der Waals surface area contributed by atoms with Crippen LogP contribution in [0.5, 0.6) is 0 Å². The van der Waals surface area contributed by atoms with Crippen molar-refractivity contribution in [2.24, 2.45) is 0 Å². The third-order valence-electron chi connectivity index (χ3n) is 6.32. The van der Waals surface area contributed by atoms with E-state index in [0.29, 0.717) is 37.6 Å². The first-order valence-corrected chi connectivity index (χ1v) is 11.5. The van der Waals surface area contributed by atoms with E-state index in [4.69, 9.17) is 9.47 Å². The van der Waals surface area contributed by atoms with Crippen LogP contribution in [0.1, 0.15) is 56.1 Å². The Morgan fingerprint density at radius 1 is 0.871 bits per heavy atom. The molecule has 1 aromatic carbocycles. The summed E-state index contributed by atoms with van der Waals surface area (Å²) in [6, 6.07) is 7.85. The fourth-order valence-electron chi connectivity index (χ4n) is 4.57. The number of rotatable bonds is 9. The highest BCUT2D eigenvalue weighted by molar-refractivity contribution is 6.35. The van der Waals surface area contributed by atoms with Gasteiger partial charge in [-0.25, -0.2) is 0 Å². The molecule has 3 rings (SSSR count). The molecule has 2 amide bonds. The van der Waals surface area contributed by atoms with E-state index in [1.54, 1.807) is 19.1 Å². The van der Waals surface area contributed by atoms with Gasteiger partial charge >= 0.3 is 0 Å². The second kappa shape index (κ2) is 11.4. The van der Waals surface area contributed by atoms with Gasteiger partial charge in [-0.15, -0.1) is 0 Å². The summed E-state index contributed by atoms with van der Waals surface area (Å²) in [4.78, 5) is 31.0. The average Bonchev–Trinajstić information content (AvgIpc) is 2.99. The van der Waals surface area contributed by atoms with Gasteiger partial charge in [0.05, 0.1) is 18.8 Å². The monoisotopic (exact) mass is 428 g/mol. The lowest BCUT2D eigenvalue weighted by molar-refractivity contribution is -0.140. The molecule has 0 saturated heterocycles. The predicted molar refractivity (Wildman–Crippen MR) is 121 cm³/mol. The smallest absolute Gasteiger partial charge is 0.278 e. The van der Waals surface area contributed by atoms with Crippen molar-refractivity contribution in [1.29, 1.82) is 0 Å². The minimum Gasteiger partial charge on any atom is -0.383 e. The molecular weight excluding hydrogens is 392 g/mol. The van der Waals surface area contributed by atoms with Gasteiger partial charge in [0, 0.05) is 33.4 Å². The summed E-state index contributed by atoms with van der Waals surface area (Å²) in [6.45, 7) is 4.02. The fraction of sp³-hybridized carbons (Fsp3) is 0.600. The number of ether oxygens (including phenoxy) is 2. The van der Waals surface area contributed by atoms with E-state index < -0.39 is 0 Å². The maximum Gasteiger partial charge on any atom is 0.278 e. The van der Waals surface area contributed by atoms with Crippen LogP contribution in [0.2, 0.25) is 0 Å². The summed E-state index contributed by atoms with van der Waals surface area (Å²) in [5.74, 6) is -0.326. The van der Waals surface area contributed by atoms with Gasteiger partial charge in [0.2, 0.25) is 0 Å². The average molecular weight is 429 g/mol. The van der Waals surface area contributed by atoms with Gasteiger partial charge in [-0.2, -0.15) is 0 Å². The van der Waals surface area contributed by atoms with Crippen LogP contribution in [-0.4, -0.2) is 68.2 Å². The fourth-order valence-corrected chi connectivity index (χ4v) is 4.57. The summed E-state index contributed by atoms with van der Waals surface area (Å²) in [5, 5.41) is 0. The number of carbonyl (C=O) groups excluding carboxylic acids is 2. The molecule has 0 bridgehead atoms. The molecule has 1 aliphatic carbocycles. The molecule has 0 spiro atoms. The van der Waals surface area contributed by atoms with Crippen LogP contribution >= 0.6 is 0 Å². The highest BCUT2D eigenvalue weighted by atomic mass is 16.5. The Labute approximate surface area is 186 Å². The van der Waals surface area contributed by atoms with E-state index >= 15 is 0 Å². The van der Waals surface area contributed by atoms with Crippen LogP contribution < -0.4 is 0 Å². The first kappa shape index (κ1) is 23.5. The first-order chi connectivity index (χ1) is 15.1. The zero-order chi connectivity index (χ0) is 22.2. The minimum atomic E-state index is -0.168. The Bertz CT molecular complexity index is 771. The second-order valence-corrected chi connectivity index (χ2v) is 8.54. The molecule has 1 heterocycles. The Kier molecular flexibility index (Phi) is 8.67. The molecule has 1 aromatic rings. The van der Waals surface area contributed by atoms with Gasteiger partial charge in [-0.05, 0) is 25.3 Å². The van der Waals surface area contributed by atoms with E-state index in [2.05, 4.69) is 0 Å². The molecule has 0 radical (unpaired) electrons. The minimum absolute atomic E-state index is 0.0232. The molecule has 0 N–H and O–H groups in total. The van der Waals surface area contributed by atoms with Crippen molar-refractivity contribution in [3.05, 3.63) is 41.1 Å². The standard InChI is InChI=1S/C25H36N2O4/c1-19-11-13-20(14-12-19)22-23(26(15-17-30-2)16-18-31-3)25(29)27(24(22)28)21-9-7-5-4-6-8-10-21/h11-14,21H,4-10,15-18H2,1-3H3. The first-order valence-electron chi connectivity index (χ1n) is 11.5. The summed E-state index contributed by atoms with van der Waals surface area (Å²) in [6.07, 6.45) is 7.50. The van der Waals surface area contributed by atoms with Crippen LogP contribution in [-0.2, 0) is 19.1 Å². The van der Waals surface area contributed by atoms with E-state index in [1.165, 1.54) is 19.3 Å². The molecule has 0 atom stereocenters.